The molecule has 1 heterocycles. The van der Waals surface area contributed by atoms with E-state index in [1.165, 1.54) is 32.4 Å². The van der Waals surface area contributed by atoms with Gasteiger partial charge >= 0.3 is 0 Å². The number of carbonyl (C=O) groups is 1. The maximum atomic E-state index is 11.8. The van der Waals surface area contributed by atoms with Gasteiger partial charge in [0.1, 0.15) is 0 Å². The zero-order valence-electron chi connectivity index (χ0n) is 12.5. The maximum Gasteiger partial charge on any atom is 0.236 e. The van der Waals surface area contributed by atoms with E-state index in [1.807, 2.05) is 6.92 Å². The molecule has 2 atom stereocenters. The van der Waals surface area contributed by atoms with Crippen LogP contribution in [-0.4, -0.2) is 49.1 Å². The first-order valence-corrected chi connectivity index (χ1v) is 7.95. The molecule has 1 saturated carbocycles. The van der Waals surface area contributed by atoms with Gasteiger partial charge in [-0.2, -0.15) is 0 Å². The molecule has 19 heavy (non-hydrogen) atoms. The van der Waals surface area contributed by atoms with Crippen molar-refractivity contribution in [3.63, 3.8) is 0 Å². The van der Waals surface area contributed by atoms with Gasteiger partial charge in [0.25, 0.3) is 0 Å². The van der Waals surface area contributed by atoms with Crippen LogP contribution in [-0.2, 0) is 4.79 Å². The second kappa shape index (κ2) is 7.25. The predicted molar refractivity (Wildman–Crippen MR) is 78.1 cm³/mol. The third-order valence-electron chi connectivity index (χ3n) is 4.32. The van der Waals surface area contributed by atoms with Crippen molar-refractivity contribution in [2.24, 2.45) is 5.92 Å². The Kier molecular flexibility index (Phi) is 5.64. The normalized spacial score (nSPS) is 25.5. The summed E-state index contributed by atoms with van der Waals surface area (Å²) in [5.41, 5.74) is 0. The Hall–Kier alpha value is -0.610. The summed E-state index contributed by atoms with van der Waals surface area (Å²) in [7, 11) is 0. The smallest absolute Gasteiger partial charge is 0.236 e. The zero-order chi connectivity index (χ0) is 13.7. The first kappa shape index (κ1) is 14.8. The topological polar surface area (TPSA) is 44.4 Å². The van der Waals surface area contributed by atoms with E-state index in [1.54, 1.807) is 0 Å². The van der Waals surface area contributed by atoms with E-state index in [4.69, 9.17) is 0 Å². The summed E-state index contributed by atoms with van der Waals surface area (Å²) in [6.07, 6.45) is 6.28. The van der Waals surface area contributed by atoms with Gasteiger partial charge in [-0.15, -0.1) is 0 Å². The van der Waals surface area contributed by atoms with Crippen LogP contribution in [0.5, 0.6) is 0 Å². The molecule has 2 N–H and O–H groups in total. The molecule has 0 aromatic carbocycles. The molecule has 2 unspecified atom stereocenters. The molecule has 4 nitrogen and oxygen atoms in total. The van der Waals surface area contributed by atoms with Gasteiger partial charge in [0, 0.05) is 19.1 Å². The molecular formula is C15H29N3O. The third-order valence-corrected chi connectivity index (χ3v) is 4.32. The van der Waals surface area contributed by atoms with Crippen LogP contribution in [0.3, 0.4) is 0 Å². The minimum Gasteiger partial charge on any atom is -0.355 e. The lowest BCUT2D eigenvalue weighted by atomic mass is 10.1. The van der Waals surface area contributed by atoms with Crippen LogP contribution in [0.25, 0.3) is 0 Å². The molecular weight excluding hydrogens is 238 g/mol. The molecule has 0 spiro atoms. The molecule has 0 bridgehead atoms. The van der Waals surface area contributed by atoms with Crippen molar-refractivity contribution in [3.05, 3.63) is 0 Å². The third kappa shape index (κ3) is 4.77. The molecule has 0 radical (unpaired) electrons. The fourth-order valence-corrected chi connectivity index (χ4v) is 2.78. The Morgan fingerprint density at radius 3 is 2.84 bits per heavy atom. The fraction of sp³-hybridized carbons (Fsp3) is 0.933. The number of hydrogen-bond donors (Lipinski definition) is 2. The summed E-state index contributed by atoms with van der Waals surface area (Å²) < 4.78 is 0. The van der Waals surface area contributed by atoms with Crippen molar-refractivity contribution in [3.8, 4) is 0 Å². The van der Waals surface area contributed by atoms with Crippen LogP contribution in [0.4, 0.5) is 0 Å². The lowest BCUT2D eigenvalue weighted by Crippen LogP contribution is -2.44. The van der Waals surface area contributed by atoms with Crippen molar-refractivity contribution >= 4 is 5.91 Å². The van der Waals surface area contributed by atoms with Crippen molar-refractivity contribution in [2.45, 2.75) is 58.0 Å². The first-order chi connectivity index (χ1) is 9.20. The summed E-state index contributed by atoms with van der Waals surface area (Å²) in [5, 5.41) is 6.38. The molecule has 1 aliphatic carbocycles. The molecule has 0 aromatic heterocycles. The molecule has 1 saturated heterocycles. The first-order valence-electron chi connectivity index (χ1n) is 7.95. The average molecular weight is 267 g/mol. The Morgan fingerprint density at radius 2 is 2.16 bits per heavy atom. The van der Waals surface area contributed by atoms with E-state index >= 15 is 0 Å². The summed E-state index contributed by atoms with van der Waals surface area (Å²) in [5.74, 6) is 0.872. The van der Waals surface area contributed by atoms with E-state index in [0.717, 1.165) is 37.9 Å². The van der Waals surface area contributed by atoms with Crippen molar-refractivity contribution in [2.75, 3.05) is 26.2 Å². The molecule has 1 amide bonds. The van der Waals surface area contributed by atoms with Crippen LogP contribution in [0, 0.1) is 5.92 Å². The molecule has 2 aliphatic rings. The van der Waals surface area contributed by atoms with E-state index in [-0.39, 0.29) is 11.9 Å². The van der Waals surface area contributed by atoms with Crippen molar-refractivity contribution < 1.29 is 4.79 Å². The number of rotatable bonds is 8. The summed E-state index contributed by atoms with van der Waals surface area (Å²) >= 11 is 0. The quantitative estimate of drug-likeness (QED) is 0.653. The van der Waals surface area contributed by atoms with Gasteiger partial charge in [0.2, 0.25) is 5.91 Å². The number of hydrogen-bond acceptors (Lipinski definition) is 3. The number of nitrogens with zero attached hydrogens (tertiary/aromatic N) is 1. The lowest BCUT2D eigenvalue weighted by molar-refractivity contribution is -0.122. The standard InChI is InChI=1S/C15H29N3O/c1-3-4-8-16-15(19)12(2)17-10-13-7-9-18(11-13)14-5-6-14/h12-14,17H,3-11H2,1-2H3,(H,16,19). The second-order valence-electron chi connectivity index (χ2n) is 6.16. The van der Waals surface area contributed by atoms with E-state index < -0.39 is 0 Å². The Labute approximate surface area is 117 Å². The molecule has 0 aromatic rings. The van der Waals surface area contributed by atoms with Crippen LogP contribution in [0.2, 0.25) is 0 Å². The Bertz CT molecular complexity index is 291. The van der Waals surface area contributed by atoms with Gasteiger partial charge in [-0.05, 0) is 51.6 Å². The number of nitrogens with one attached hydrogen (secondary N) is 2. The van der Waals surface area contributed by atoms with E-state index in [2.05, 4.69) is 22.5 Å². The molecule has 110 valence electrons. The van der Waals surface area contributed by atoms with Gasteiger partial charge in [-0.25, -0.2) is 0 Å². The number of carbonyl (C=O) groups excluding carboxylic acids is 1. The van der Waals surface area contributed by atoms with Gasteiger partial charge < -0.3 is 15.5 Å². The van der Waals surface area contributed by atoms with Crippen LogP contribution >= 0.6 is 0 Å². The number of amides is 1. The number of likely N-dealkylation sites (tertiary alicyclic amines) is 1. The van der Waals surface area contributed by atoms with Gasteiger partial charge in [-0.1, -0.05) is 13.3 Å². The second-order valence-corrected chi connectivity index (χ2v) is 6.16. The highest BCUT2D eigenvalue weighted by molar-refractivity contribution is 5.81. The maximum absolute atomic E-state index is 11.8. The van der Waals surface area contributed by atoms with Gasteiger partial charge in [0.05, 0.1) is 6.04 Å². The summed E-state index contributed by atoms with van der Waals surface area (Å²) in [6.45, 7) is 8.37. The zero-order valence-corrected chi connectivity index (χ0v) is 12.5. The van der Waals surface area contributed by atoms with Crippen LogP contribution in [0.1, 0.15) is 46.0 Å². The summed E-state index contributed by atoms with van der Waals surface area (Å²) in [4.78, 5) is 14.4. The SMILES string of the molecule is CCCCNC(=O)C(C)NCC1CCN(C2CC2)C1. The van der Waals surface area contributed by atoms with Crippen LogP contribution < -0.4 is 10.6 Å². The average Bonchev–Trinajstić information content (AvgIpc) is 3.15. The van der Waals surface area contributed by atoms with Gasteiger partial charge in [-0.3, -0.25) is 4.79 Å². The molecule has 4 heteroatoms. The van der Waals surface area contributed by atoms with Crippen molar-refractivity contribution in [1.29, 1.82) is 0 Å². The van der Waals surface area contributed by atoms with E-state index in [0.29, 0.717) is 0 Å². The fourth-order valence-electron chi connectivity index (χ4n) is 2.78. The monoisotopic (exact) mass is 267 g/mol. The highest BCUT2D eigenvalue weighted by Gasteiger charge is 2.34. The van der Waals surface area contributed by atoms with Crippen molar-refractivity contribution in [1.82, 2.24) is 15.5 Å². The summed E-state index contributed by atoms with van der Waals surface area (Å²) in [6, 6.07) is 0.826. The number of unbranched alkanes of at least 4 members (excludes halogenated alkanes) is 1. The lowest BCUT2D eigenvalue weighted by Gasteiger charge is -2.18. The van der Waals surface area contributed by atoms with Gasteiger partial charge in [0.15, 0.2) is 0 Å². The minimum atomic E-state index is -0.0631. The highest BCUT2D eigenvalue weighted by atomic mass is 16.2. The molecule has 1 aliphatic heterocycles. The Balaban J connectivity index is 1.57. The Morgan fingerprint density at radius 1 is 1.37 bits per heavy atom. The molecule has 2 fully saturated rings. The minimum absolute atomic E-state index is 0.0631. The van der Waals surface area contributed by atoms with Crippen LogP contribution in [0.15, 0.2) is 0 Å². The largest absolute Gasteiger partial charge is 0.355 e. The van der Waals surface area contributed by atoms with E-state index in [9.17, 15) is 4.79 Å². The highest BCUT2D eigenvalue weighted by Crippen LogP contribution is 2.31. The predicted octanol–water partition coefficient (Wildman–Crippen LogP) is 1.37. The molecule has 2 rings (SSSR count).